The van der Waals surface area contributed by atoms with E-state index in [0.29, 0.717) is 10.1 Å². The molecule has 0 atom stereocenters. The molecule has 3 heterocycles. The maximum Gasteiger partial charge on any atom is 0.198 e. The van der Waals surface area contributed by atoms with E-state index >= 15 is 0 Å². The third kappa shape index (κ3) is 2.73. The average Bonchev–Trinajstić information content (AvgIpc) is 3.56. The van der Waals surface area contributed by atoms with E-state index in [-0.39, 0.29) is 10.8 Å². The van der Waals surface area contributed by atoms with E-state index in [1.807, 2.05) is 42.5 Å². The van der Waals surface area contributed by atoms with Crippen molar-refractivity contribution < 1.29 is 17.6 Å². The van der Waals surface area contributed by atoms with Crippen molar-refractivity contribution in [2.24, 2.45) is 0 Å². The zero-order chi connectivity index (χ0) is 25.0. The highest BCUT2D eigenvalue weighted by Crippen LogP contribution is 2.49. The van der Waals surface area contributed by atoms with E-state index in [1.54, 1.807) is 11.3 Å². The van der Waals surface area contributed by atoms with Crippen molar-refractivity contribution in [2.75, 3.05) is 0 Å². The minimum absolute atomic E-state index is 0.266. The van der Waals surface area contributed by atoms with Crippen molar-refractivity contribution in [3.05, 3.63) is 102 Å². The van der Waals surface area contributed by atoms with Gasteiger partial charge in [-0.15, -0.1) is 22.7 Å². The number of para-hydroxylation sites is 1. The molecule has 8 aromatic rings. The van der Waals surface area contributed by atoms with Gasteiger partial charge < -0.3 is 4.57 Å². The molecule has 0 N–H and O–H groups in total. The highest BCUT2D eigenvalue weighted by atomic mass is 32.1. The molecule has 0 unspecified atom stereocenters. The molecule has 0 amide bonds. The highest BCUT2D eigenvalue weighted by molar-refractivity contribution is 7.33. The summed E-state index contributed by atoms with van der Waals surface area (Å²) in [6.07, 6.45) is 0. The summed E-state index contributed by atoms with van der Waals surface area (Å²) in [5.41, 5.74) is 2.80. The summed E-state index contributed by atoms with van der Waals surface area (Å²) >= 11 is 3.12. The molecule has 7 heteroatoms. The Labute approximate surface area is 214 Å². The fourth-order valence-corrected chi connectivity index (χ4v) is 7.95. The lowest BCUT2D eigenvalue weighted by Crippen LogP contribution is -1.98. The summed E-state index contributed by atoms with van der Waals surface area (Å²) in [5, 5.41) is 3.51. The average molecular weight is 528 g/mol. The van der Waals surface area contributed by atoms with Crippen molar-refractivity contribution in [3.8, 4) is 5.69 Å². The van der Waals surface area contributed by atoms with Gasteiger partial charge in [0, 0.05) is 36.6 Å². The third-order valence-corrected chi connectivity index (χ3v) is 9.50. The van der Waals surface area contributed by atoms with Crippen LogP contribution in [0.3, 0.4) is 0 Å². The van der Waals surface area contributed by atoms with Crippen LogP contribution in [0.2, 0.25) is 0 Å². The summed E-state index contributed by atoms with van der Waals surface area (Å²) in [4.78, 5) is 0. The topological polar surface area (TPSA) is 4.93 Å². The first-order chi connectivity index (χ1) is 18.0. The van der Waals surface area contributed by atoms with Crippen molar-refractivity contribution in [3.63, 3.8) is 0 Å². The molecular formula is C30H13F4NS2. The molecule has 8 rings (SSSR count). The minimum Gasteiger partial charge on any atom is -0.306 e. The Hall–Kier alpha value is -3.94. The Bertz CT molecular complexity index is 2240. The molecule has 0 saturated carbocycles. The van der Waals surface area contributed by atoms with Crippen molar-refractivity contribution in [1.29, 1.82) is 0 Å². The summed E-state index contributed by atoms with van der Waals surface area (Å²) in [6, 6.07) is 25.3. The number of nitrogens with zero attached hydrogens (tertiary/aromatic N) is 1. The van der Waals surface area contributed by atoms with Crippen LogP contribution in [0, 0.1) is 23.3 Å². The molecule has 178 valence electrons. The highest BCUT2D eigenvalue weighted by Gasteiger charge is 2.25. The lowest BCUT2D eigenvalue weighted by atomic mass is 10.1. The molecule has 0 bridgehead atoms. The Morgan fingerprint density at radius 3 is 1.65 bits per heavy atom. The lowest BCUT2D eigenvalue weighted by molar-refractivity contribution is 0.418. The van der Waals surface area contributed by atoms with Crippen LogP contribution in [-0.2, 0) is 0 Å². The number of halogens is 4. The standard InChI is InChI=1S/C30H13F4NS2/c31-23-17-12-20-22(13-18(17)24(32)26(34)25(23)33)37-30-28(20)35(16-8-2-1-3-9-16)27-19-10-14-6-4-5-7-15(14)11-21(19)36-29(27)30/h1-13H. The Balaban J connectivity index is 1.61. The second-order valence-corrected chi connectivity index (χ2v) is 11.2. The number of benzene rings is 5. The van der Waals surface area contributed by atoms with E-state index < -0.39 is 23.3 Å². The van der Waals surface area contributed by atoms with Gasteiger partial charge in [-0.2, -0.15) is 0 Å². The largest absolute Gasteiger partial charge is 0.306 e. The van der Waals surface area contributed by atoms with Gasteiger partial charge in [-0.05, 0) is 47.2 Å². The van der Waals surface area contributed by atoms with Crippen LogP contribution in [0.25, 0.3) is 67.8 Å². The first kappa shape index (κ1) is 21.2. The van der Waals surface area contributed by atoms with Gasteiger partial charge in [0.25, 0.3) is 0 Å². The molecule has 0 radical (unpaired) electrons. The minimum atomic E-state index is -1.80. The van der Waals surface area contributed by atoms with Gasteiger partial charge >= 0.3 is 0 Å². The molecule has 3 aromatic heterocycles. The molecule has 1 nitrogen and oxygen atoms in total. The van der Waals surface area contributed by atoms with Crippen LogP contribution < -0.4 is 0 Å². The summed E-state index contributed by atoms with van der Waals surface area (Å²) in [7, 11) is 0. The zero-order valence-corrected chi connectivity index (χ0v) is 20.4. The van der Waals surface area contributed by atoms with Crippen molar-refractivity contribution in [2.45, 2.75) is 0 Å². The Kier molecular flexibility index (Phi) is 4.18. The van der Waals surface area contributed by atoms with E-state index in [4.69, 9.17) is 0 Å². The fraction of sp³-hybridized carbons (Fsp3) is 0. The van der Waals surface area contributed by atoms with E-state index in [1.165, 1.54) is 23.5 Å². The fourth-order valence-electron chi connectivity index (χ4n) is 5.39. The van der Waals surface area contributed by atoms with Gasteiger partial charge in [-0.3, -0.25) is 0 Å². The molecule has 0 saturated heterocycles. The molecule has 0 aliphatic rings. The van der Waals surface area contributed by atoms with Gasteiger partial charge in [0.15, 0.2) is 23.3 Å². The van der Waals surface area contributed by atoms with E-state index in [2.05, 4.69) is 28.8 Å². The maximum absolute atomic E-state index is 14.8. The second-order valence-electron chi connectivity index (χ2n) is 9.08. The van der Waals surface area contributed by atoms with E-state index in [0.717, 1.165) is 47.0 Å². The number of thiophene rings is 2. The summed E-state index contributed by atoms with van der Waals surface area (Å²) in [5.74, 6) is -6.35. The maximum atomic E-state index is 14.8. The van der Waals surface area contributed by atoms with Gasteiger partial charge in [-0.25, -0.2) is 17.6 Å². The van der Waals surface area contributed by atoms with Crippen LogP contribution in [0.4, 0.5) is 17.6 Å². The number of fused-ring (bicyclic) bond motifs is 9. The van der Waals surface area contributed by atoms with Gasteiger partial charge in [0.2, 0.25) is 0 Å². The first-order valence-electron chi connectivity index (χ1n) is 11.5. The van der Waals surface area contributed by atoms with Crippen molar-refractivity contribution in [1.82, 2.24) is 4.57 Å². The van der Waals surface area contributed by atoms with Gasteiger partial charge in [0.05, 0.1) is 20.4 Å². The SMILES string of the molecule is Fc1c(F)c(F)c2cc3c(cc2c1F)sc1c2sc4cc5ccccc5cc4c2n(-c2ccccc2)c31. The first-order valence-corrected chi connectivity index (χ1v) is 13.2. The van der Waals surface area contributed by atoms with Crippen molar-refractivity contribution >= 4 is 84.8 Å². The van der Waals surface area contributed by atoms with Crippen LogP contribution in [0.15, 0.2) is 78.9 Å². The Morgan fingerprint density at radius 2 is 1.00 bits per heavy atom. The molecule has 0 fully saturated rings. The van der Waals surface area contributed by atoms with Crippen LogP contribution in [0.1, 0.15) is 0 Å². The number of hydrogen-bond acceptors (Lipinski definition) is 2. The molecule has 0 spiro atoms. The second kappa shape index (κ2) is 7.31. The zero-order valence-electron chi connectivity index (χ0n) is 18.8. The molecular weight excluding hydrogens is 514 g/mol. The van der Waals surface area contributed by atoms with Crippen LogP contribution in [-0.4, -0.2) is 4.57 Å². The van der Waals surface area contributed by atoms with E-state index in [9.17, 15) is 17.6 Å². The Morgan fingerprint density at radius 1 is 0.486 bits per heavy atom. The quantitative estimate of drug-likeness (QED) is 0.114. The van der Waals surface area contributed by atoms with Gasteiger partial charge in [-0.1, -0.05) is 42.5 Å². The smallest absolute Gasteiger partial charge is 0.198 e. The van der Waals surface area contributed by atoms with Crippen LogP contribution in [0.5, 0.6) is 0 Å². The molecule has 0 aliphatic heterocycles. The molecule has 37 heavy (non-hydrogen) atoms. The number of aromatic nitrogens is 1. The van der Waals surface area contributed by atoms with Gasteiger partial charge in [0.1, 0.15) is 0 Å². The normalized spacial score (nSPS) is 12.3. The molecule has 5 aromatic carbocycles. The monoisotopic (exact) mass is 527 g/mol. The summed E-state index contributed by atoms with van der Waals surface area (Å²) < 4.78 is 63.6. The third-order valence-electron chi connectivity index (χ3n) is 7.05. The molecule has 0 aliphatic carbocycles. The number of hydrogen-bond donors (Lipinski definition) is 0. The summed E-state index contributed by atoms with van der Waals surface area (Å²) in [6.45, 7) is 0. The lowest BCUT2D eigenvalue weighted by Gasteiger charge is -2.09. The predicted octanol–water partition coefficient (Wildman–Crippen LogP) is 10.1. The number of rotatable bonds is 1. The predicted molar refractivity (Wildman–Crippen MR) is 146 cm³/mol. The van der Waals surface area contributed by atoms with Crippen LogP contribution >= 0.6 is 22.7 Å².